The molecule has 0 aromatic heterocycles. The van der Waals surface area contributed by atoms with Crippen LogP contribution in [0.15, 0.2) is 18.2 Å². The van der Waals surface area contributed by atoms with Gasteiger partial charge in [0.05, 0.1) is 7.11 Å². The standard InChI is InChI=1S/C18H25NO5/c1-17(2,3)24-16(22)19(4)18(15(20)21)10-9-12-7-6-8-14(23-5)13(12)11-18/h6-8H,9-11H2,1-5H3,(H,20,21). The van der Waals surface area contributed by atoms with E-state index in [1.165, 1.54) is 11.9 Å². The second kappa shape index (κ2) is 6.34. The smallest absolute Gasteiger partial charge is 0.411 e. The predicted octanol–water partition coefficient (Wildman–Crippen LogP) is 2.87. The second-order valence-electron chi connectivity index (χ2n) is 7.15. The first-order valence-electron chi connectivity index (χ1n) is 7.96. The lowest BCUT2D eigenvalue weighted by atomic mass is 9.76. The maximum Gasteiger partial charge on any atom is 0.411 e. The van der Waals surface area contributed by atoms with Gasteiger partial charge in [-0.2, -0.15) is 0 Å². The minimum absolute atomic E-state index is 0.192. The van der Waals surface area contributed by atoms with Crippen molar-refractivity contribution in [1.29, 1.82) is 0 Å². The molecule has 0 saturated carbocycles. The Labute approximate surface area is 142 Å². The van der Waals surface area contributed by atoms with Gasteiger partial charge in [0.1, 0.15) is 16.9 Å². The molecule has 0 saturated heterocycles. The largest absolute Gasteiger partial charge is 0.496 e. The highest BCUT2D eigenvalue weighted by atomic mass is 16.6. The Hall–Kier alpha value is -2.24. The van der Waals surface area contributed by atoms with Crippen molar-refractivity contribution >= 4 is 12.1 Å². The molecule has 0 fully saturated rings. The van der Waals surface area contributed by atoms with E-state index < -0.39 is 23.2 Å². The van der Waals surface area contributed by atoms with Crippen LogP contribution in [0.1, 0.15) is 38.3 Å². The molecular weight excluding hydrogens is 310 g/mol. The number of fused-ring (bicyclic) bond motifs is 1. The van der Waals surface area contributed by atoms with Gasteiger partial charge in [0.2, 0.25) is 0 Å². The summed E-state index contributed by atoms with van der Waals surface area (Å²) < 4.78 is 10.7. The first-order chi connectivity index (χ1) is 11.1. The van der Waals surface area contributed by atoms with Gasteiger partial charge in [0.25, 0.3) is 0 Å². The number of carboxylic acids is 1. The molecule has 1 atom stereocenters. The number of aliphatic carboxylic acids is 1. The molecule has 0 bridgehead atoms. The molecule has 24 heavy (non-hydrogen) atoms. The maximum atomic E-state index is 12.4. The first-order valence-corrected chi connectivity index (χ1v) is 7.96. The van der Waals surface area contributed by atoms with E-state index in [1.54, 1.807) is 27.9 Å². The van der Waals surface area contributed by atoms with Crippen molar-refractivity contribution in [2.24, 2.45) is 0 Å². The predicted molar refractivity (Wildman–Crippen MR) is 89.4 cm³/mol. The summed E-state index contributed by atoms with van der Waals surface area (Å²) >= 11 is 0. The molecule has 1 amide bonds. The third-order valence-corrected chi connectivity index (χ3v) is 4.43. The summed E-state index contributed by atoms with van der Waals surface area (Å²) in [7, 11) is 3.05. The Morgan fingerprint density at radius 3 is 2.50 bits per heavy atom. The summed E-state index contributed by atoms with van der Waals surface area (Å²) in [6.45, 7) is 5.27. The Balaban J connectivity index is 2.39. The molecule has 0 aliphatic heterocycles. The summed E-state index contributed by atoms with van der Waals surface area (Å²) in [5, 5.41) is 9.91. The highest BCUT2D eigenvalue weighted by Crippen LogP contribution is 2.38. The lowest BCUT2D eigenvalue weighted by Crippen LogP contribution is -2.59. The summed E-state index contributed by atoms with van der Waals surface area (Å²) in [4.78, 5) is 25.8. The van der Waals surface area contributed by atoms with E-state index in [1.807, 2.05) is 18.2 Å². The van der Waals surface area contributed by atoms with E-state index in [9.17, 15) is 14.7 Å². The third-order valence-electron chi connectivity index (χ3n) is 4.43. The van der Waals surface area contributed by atoms with Gasteiger partial charge in [0, 0.05) is 19.0 Å². The summed E-state index contributed by atoms with van der Waals surface area (Å²) in [6.07, 6.45) is 0.449. The van der Waals surface area contributed by atoms with Crippen LogP contribution in [0, 0.1) is 0 Å². The van der Waals surface area contributed by atoms with Gasteiger partial charge in [-0.3, -0.25) is 4.90 Å². The van der Waals surface area contributed by atoms with Crippen LogP contribution in [-0.2, 0) is 22.4 Å². The van der Waals surface area contributed by atoms with Crippen molar-refractivity contribution in [3.63, 3.8) is 0 Å². The minimum atomic E-state index is -1.34. The fraction of sp³-hybridized carbons (Fsp3) is 0.556. The Morgan fingerprint density at radius 1 is 1.29 bits per heavy atom. The van der Waals surface area contributed by atoms with Crippen LogP contribution in [-0.4, -0.2) is 47.4 Å². The average Bonchev–Trinajstić information content (AvgIpc) is 2.51. The van der Waals surface area contributed by atoms with Crippen molar-refractivity contribution in [2.75, 3.05) is 14.2 Å². The van der Waals surface area contributed by atoms with Gasteiger partial charge in [-0.25, -0.2) is 9.59 Å². The molecule has 2 rings (SSSR count). The normalized spacial score (nSPS) is 20.0. The minimum Gasteiger partial charge on any atom is -0.496 e. The van der Waals surface area contributed by atoms with E-state index in [-0.39, 0.29) is 6.42 Å². The number of hydrogen-bond acceptors (Lipinski definition) is 4. The van der Waals surface area contributed by atoms with E-state index in [0.717, 1.165) is 11.1 Å². The van der Waals surface area contributed by atoms with Crippen LogP contribution < -0.4 is 4.74 Å². The zero-order valence-electron chi connectivity index (χ0n) is 14.9. The SMILES string of the molecule is COc1cccc2c1CC(C(=O)O)(N(C)C(=O)OC(C)(C)C)CC2. The fourth-order valence-corrected chi connectivity index (χ4v) is 3.08. The van der Waals surface area contributed by atoms with E-state index in [2.05, 4.69) is 0 Å². The number of hydrogen-bond donors (Lipinski definition) is 1. The maximum absolute atomic E-state index is 12.4. The summed E-state index contributed by atoms with van der Waals surface area (Å²) in [5.41, 5.74) is -0.132. The van der Waals surface area contributed by atoms with Crippen LogP contribution in [0.3, 0.4) is 0 Å². The lowest BCUT2D eigenvalue weighted by molar-refractivity contribution is -0.151. The van der Waals surface area contributed by atoms with Gasteiger partial charge in [-0.05, 0) is 45.2 Å². The van der Waals surface area contributed by atoms with Crippen molar-refractivity contribution in [1.82, 2.24) is 4.90 Å². The molecule has 1 unspecified atom stereocenters. The molecule has 0 radical (unpaired) electrons. The van der Waals surface area contributed by atoms with Crippen LogP contribution in [0.4, 0.5) is 4.79 Å². The number of carbonyl (C=O) groups is 2. The second-order valence-corrected chi connectivity index (χ2v) is 7.15. The Bertz CT molecular complexity index is 635. The third kappa shape index (κ3) is 3.32. The summed E-state index contributed by atoms with van der Waals surface area (Å²) in [6, 6.07) is 5.67. The van der Waals surface area contributed by atoms with Crippen LogP contribution >= 0.6 is 0 Å². The van der Waals surface area contributed by atoms with Gasteiger partial charge < -0.3 is 14.6 Å². The molecule has 1 N–H and O–H groups in total. The topological polar surface area (TPSA) is 76.1 Å². The summed E-state index contributed by atoms with van der Waals surface area (Å²) in [5.74, 6) is -0.386. The quantitative estimate of drug-likeness (QED) is 0.919. The van der Waals surface area contributed by atoms with Crippen molar-refractivity contribution < 1.29 is 24.2 Å². The number of amides is 1. The number of rotatable bonds is 3. The zero-order chi connectivity index (χ0) is 18.1. The van der Waals surface area contributed by atoms with Gasteiger partial charge >= 0.3 is 12.1 Å². The molecule has 6 nitrogen and oxygen atoms in total. The van der Waals surface area contributed by atoms with Crippen LogP contribution in [0.25, 0.3) is 0 Å². The highest BCUT2D eigenvalue weighted by molar-refractivity contribution is 5.85. The number of benzene rings is 1. The highest BCUT2D eigenvalue weighted by Gasteiger charge is 2.48. The number of methoxy groups -OCH3 is 1. The Kier molecular flexibility index (Phi) is 4.78. The molecule has 1 aliphatic rings. The number of carbonyl (C=O) groups excluding carboxylic acids is 1. The number of ether oxygens (including phenoxy) is 2. The number of carboxylic acid groups (broad SMARTS) is 1. The molecule has 6 heteroatoms. The van der Waals surface area contributed by atoms with Crippen molar-refractivity contribution in [3.8, 4) is 5.75 Å². The van der Waals surface area contributed by atoms with Crippen molar-refractivity contribution in [2.45, 2.75) is 51.2 Å². The zero-order valence-corrected chi connectivity index (χ0v) is 14.9. The van der Waals surface area contributed by atoms with Gasteiger partial charge in [0.15, 0.2) is 0 Å². The molecule has 0 spiro atoms. The van der Waals surface area contributed by atoms with E-state index >= 15 is 0 Å². The number of aryl methyl sites for hydroxylation is 1. The fourth-order valence-electron chi connectivity index (χ4n) is 3.08. The monoisotopic (exact) mass is 335 g/mol. The van der Waals surface area contributed by atoms with Crippen LogP contribution in [0.2, 0.25) is 0 Å². The molecule has 1 aromatic rings. The van der Waals surface area contributed by atoms with Crippen LogP contribution in [0.5, 0.6) is 5.75 Å². The van der Waals surface area contributed by atoms with E-state index in [0.29, 0.717) is 18.6 Å². The molecule has 1 aliphatic carbocycles. The first kappa shape index (κ1) is 18.1. The molecular formula is C18H25NO5. The molecule has 0 heterocycles. The van der Waals surface area contributed by atoms with Gasteiger partial charge in [-0.15, -0.1) is 0 Å². The average molecular weight is 335 g/mol. The molecule has 132 valence electrons. The number of likely N-dealkylation sites (N-methyl/N-ethyl adjacent to an activating group) is 1. The van der Waals surface area contributed by atoms with Crippen molar-refractivity contribution in [3.05, 3.63) is 29.3 Å². The molecule has 1 aromatic carbocycles. The number of nitrogens with zero attached hydrogens (tertiary/aromatic N) is 1. The van der Waals surface area contributed by atoms with E-state index in [4.69, 9.17) is 9.47 Å². The van der Waals surface area contributed by atoms with Gasteiger partial charge in [-0.1, -0.05) is 12.1 Å². The Morgan fingerprint density at radius 2 is 1.96 bits per heavy atom. The lowest BCUT2D eigenvalue weighted by Gasteiger charge is -2.42.